The monoisotopic (exact) mass is 224 g/mol. The quantitative estimate of drug-likeness (QED) is 0.626. The van der Waals surface area contributed by atoms with E-state index < -0.39 is 0 Å². The minimum absolute atomic E-state index is 0.931. The SMILES string of the molecule is Cn1c(=S)n(C)c2c3c(sc21)CCC3. The summed E-state index contributed by atoms with van der Waals surface area (Å²) in [6, 6.07) is 0. The Morgan fingerprint density at radius 3 is 2.79 bits per heavy atom. The fraction of sp³-hybridized carbons (Fsp3) is 0.500. The molecule has 0 aliphatic heterocycles. The molecule has 2 heterocycles. The van der Waals surface area contributed by atoms with Crippen molar-refractivity contribution in [2.45, 2.75) is 19.3 Å². The number of aromatic nitrogens is 2. The van der Waals surface area contributed by atoms with Crippen molar-refractivity contribution in [3.8, 4) is 0 Å². The summed E-state index contributed by atoms with van der Waals surface area (Å²) in [4.78, 5) is 2.93. The summed E-state index contributed by atoms with van der Waals surface area (Å²) in [5.74, 6) is 0. The normalized spacial score (nSPS) is 15.3. The van der Waals surface area contributed by atoms with Crippen LogP contribution in [0.5, 0.6) is 0 Å². The molecule has 4 heteroatoms. The highest BCUT2D eigenvalue weighted by Gasteiger charge is 2.21. The first-order chi connectivity index (χ1) is 6.70. The van der Waals surface area contributed by atoms with Gasteiger partial charge in [0.1, 0.15) is 4.83 Å². The first-order valence-corrected chi connectivity index (χ1v) is 6.08. The third-order valence-electron chi connectivity index (χ3n) is 3.09. The van der Waals surface area contributed by atoms with Crippen molar-refractivity contribution in [3.63, 3.8) is 0 Å². The first-order valence-electron chi connectivity index (χ1n) is 4.86. The molecule has 2 aromatic rings. The highest BCUT2D eigenvalue weighted by Crippen LogP contribution is 2.37. The Morgan fingerprint density at radius 2 is 2.00 bits per heavy atom. The van der Waals surface area contributed by atoms with Crippen molar-refractivity contribution in [2.75, 3.05) is 0 Å². The van der Waals surface area contributed by atoms with E-state index in [1.54, 1.807) is 10.4 Å². The van der Waals surface area contributed by atoms with E-state index in [1.165, 1.54) is 29.6 Å². The van der Waals surface area contributed by atoms with Gasteiger partial charge in [-0.05, 0) is 37.0 Å². The molecule has 0 unspecified atom stereocenters. The zero-order valence-electron chi connectivity index (χ0n) is 8.33. The van der Waals surface area contributed by atoms with E-state index in [9.17, 15) is 0 Å². The molecule has 0 atom stereocenters. The molecule has 2 nitrogen and oxygen atoms in total. The van der Waals surface area contributed by atoms with E-state index in [2.05, 4.69) is 23.2 Å². The fourth-order valence-electron chi connectivity index (χ4n) is 2.35. The molecule has 1 aliphatic carbocycles. The van der Waals surface area contributed by atoms with Gasteiger partial charge in [0.05, 0.1) is 5.52 Å². The number of hydrogen-bond donors (Lipinski definition) is 0. The first kappa shape index (κ1) is 8.68. The molecule has 0 N–H and O–H groups in total. The van der Waals surface area contributed by atoms with Crippen LogP contribution in [-0.4, -0.2) is 9.13 Å². The van der Waals surface area contributed by atoms with Crippen molar-refractivity contribution in [1.29, 1.82) is 0 Å². The lowest BCUT2D eigenvalue weighted by Crippen LogP contribution is -1.92. The summed E-state index contributed by atoms with van der Waals surface area (Å²) in [7, 11) is 4.15. The molecular weight excluding hydrogens is 212 g/mol. The van der Waals surface area contributed by atoms with Gasteiger partial charge in [0.2, 0.25) is 0 Å². The average molecular weight is 224 g/mol. The van der Waals surface area contributed by atoms with Gasteiger partial charge in [-0.1, -0.05) is 0 Å². The molecular formula is C10H12N2S2. The number of hydrogen-bond acceptors (Lipinski definition) is 2. The number of rotatable bonds is 0. The second kappa shape index (κ2) is 2.70. The van der Waals surface area contributed by atoms with Crippen molar-refractivity contribution < 1.29 is 0 Å². The van der Waals surface area contributed by atoms with Gasteiger partial charge in [0.25, 0.3) is 0 Å². The van der Waals surface area contributed by atoms with Gasteiger partial charge in [0.15, 0.2) is 4.77 Å². The molecule has 0 aromatic carbocycles. The van der Waals surface area contributed by atoms with E-state index >= 15 is 0 Å². The van der Waals surface area contributed by atoms with E-state index in [0.717, 1.165) is 4.77 Å². The van der Waals surface area contributed by atoms with Crippen LogP contribution < -0.4 is 0 Å². The van der Waals surface area contributed by atoms with Crippen LogP contribution in [0, 0.1) is 4.77 Å². The Hall–Kier alpha value is -0.610. The molecule has 2 aromatic heterocycles. The number of fused-ring (bicyclic) bond motifs is 3. The Labute approximate surface area is 91.8 Å². The van der Waals surface area contributed by atoms with Gasteiger partial charge in [-0.2, -0.15) is 0 Å². The lowest BCUT2D eigenvalue weighted by molar-refractivity contribution is 0.832. The lowest BCUT2D eigenvalue weighted by Gasteiger charge is -1.94. The van der Waals surface area contributed by atoms with Crippen LogP contribution >= 0.6 is 23.6 Å². The Kier molecular flexibility index (Phi) is 1.67. The Balaban J connectivity index is 2.54. The van der Waals surface area contributed by atoms with Crippen molar-refractivity contribution in [2.24, 2.45) is 14.1 Å². The summed E-state index contributed by atoms with van der Waals surface area (Å²) >= 11 is 7.28. The zero-order chi connectivity index (χ0) is 9.87. The average Bonchev–Trinajstić information content (AvgIpc) is 2.76. The maximum atomic E-state index is 5.35. The van der Waals surface area contributed by atoms with Gasteiger partial charge in [-0.3, -0.25) is 0 Å². The molecule has 0 spiro atoms. The van der Waals surface area contributed by atoms with Gasteiger partial charge in [-0.15, -0.1) is 11.3 Å². The van der Waals surface area contributed by atoms with Crippen LogP contribution in [-0.2, 0) is 26.9 Å². The Morgan fingerprint density at radius 1 is 1.21 bits per heavy atom. The van der Waals surface area contributed by atoms with E-state index in [-0.39, 0.29) is 0 Å². The third kappa shape index (κ3) is 0.880. The Bertz CT molecular complexity index is 571. The molecule has 0 bridgehead atoms. The predicted octanol–water partition coefficient (Wildman–Crippen LogP) is 2.80. The van der Waals surface area contributed by atoms with E-state index in [0.29, 0.717) is 0 Å². The second-order valence-corrected chi connectivity index (χ2v) is 5.36. The van der Waals surface area contributed by atoms with Crippen LogP contribution in [0.1, 0.15) is 16.9 Å². The van der Waals surface area contributed by atoms with Crippen LogP contribution in [0.25, 0.3) is 10.3 Å². The number of thiophene rings is 1. The highest BCUT2D eigenvalue weighted by atomic mass is 32.1. The van der Waals surface area contributed by atoms with Crippen LogP contribution in [0.3, 0.4) is 0 Å². The molecule has 0 fully saturated rings. The molecule has 3 rings (SSSR count). The molecule has 0 amide bonds. The fourth-order valence-corrected chi connectivity index (χ4v) is 3.98. The summed E-state index contributed by atoms with van der Waals surface area (Å²) in [5, 5.41) is 0. The van der Waals surface area contributed by atoms with Crippen LogP contribution in [0.15, 0.2) is 0 Å². The zero-order valence-corrected chi connectivity index (χ0v) is 9.97. The molecule has 14 heavy (non-hydrogen) atoms. The van der Waals surface area contributed by atoms with Crippen molar-refractivity contribution in [3.05, 3.63) is 15.2 Å². The molecule has 0 saturated carbocycles. The summed E-state index contributed by atoms with van der Waals surface area (Å²) in [6.45, 7) is 0. The largest absolute Gasteiger partial charge is 0.319 e. The molecule has 0 saturated heterocycles. The van der Waals surface area contributed by atoms with Crippen molar-refractivity contribution in [1.82, 2.24) is 9.13 Å². The topological polar surface area (TPSA) is 9.86 Å². The second-order valence-electron chi connectivity index (χ2n) is 3.91. The standard InChI is InChI=1S/C10H12N2S2/c1-11-8-6-4-3-5-7(6)14-9(8)12(2)10(11)13/h3-5H2,1-2H3. The lowest BCUT2D eigenvalue weighted by atomic mass is 10.2. The highest BCUT2D eigenvalue weighted by molar-refractivity contribution is 7.71. The van der Waals surface area contributed by atoms with Gasteiger partial charge >= 0.3 is 0 Å². The summed E-state index contributed by atoms with van der Waals surface area (Å²) in [6.07, 6.45) is 3.82. The smallest absolute Gasteiger partial charge is 0.180 e. The molecule has 0 radical (unpaired) electrons. The number of aryl methyl sites for hydroxylation is 4. The predicted molar refractivity (Wildman–Crippen MR) is 62.6 cm³/mol. The minimum atomic E-state index is 0.931. The minimum Gasteiger partial charge on any atom is -0.319 e. The summed E-state index contributed by atoms with van der Waals surface area (Å²) in [5.41, 5.74) is 2.94. The third-order valence-corrected chi connectivity index (χ3v) is 4.99. The van der Waals surface area contributed by atoms with E-state index in [1.807, 2.05) is 11.3 Å². The maximum Gasteiger partial charge on any atom is 0.180 e. The number of nitrogens with zero attached hydrogens (tertiary/aromatic N) is 2. The van der Waals surface area contributed by atoms with Gasteiger partial charge < -0.3 is 9.13 Å². The van der Waals surface area contributed by atoms with Crippen molar-refractivity contribution >= 4 is 33.9 Å². The summed E-state index contributed by atoms with van der Waals surface area (Å²) < 4.78 is 5.22. The van der Waals surface area contributed by atoms with E-state index in [4.69, 9.17) is 12.2 Å². The molecule has 74 valence electrons. The van der Waals surface area contributed by atoms with Crippen LogP contribution in [0.4, 0.5) is 0 Å². The maximum absolute atomic E-state index is 5.35. The number of imidazole rings is 1. The molecule has 1 aliphatic rings. The van der Waals surface area contributed by atoms with Gasteiger partial charge in [-0.25, -0.2) is 0 Å². The van der Waals surface area contributed by atoms with Gasteiger partial charge in [0, 0.05) is 19.0 Å². The van der Waals surface area contributed by atoms with Crippen LogP contribution in [0.2, 0.25) is 0 Å².